The molecule has 1 aliphatic carbocycles. The Kier molecular flexibility index (Phi) is 4.93. The van der Waals surface area contributed by atoms with E-state index in [1.165, 1.54) is 19.2 Å². The summed E-state index contributed by atoms with van der Waals surface area (Å²) in [7, 11) is 1.47. The number of ether oxygens (including phenoxy) is 2. The van der Waals surface area contributed by atoms with Gasteiger partial charge in [0.05, 0.1) is 18.1 Å². The van der Waals surface area contributed by atoms with Crippen molar-refractivity contribution in [1.82, 2.24) is 9.80 Å². The molecule has 31 heavy (non-hydrogen) atoms. The molecular formula is C24H26FN3O3. The van der Waals surface area contributed by atoms with Crippen LogP contribution in [-0.2, 0) is 9.53 Å². The molecule has 0 radical (unpaired) electrons. The molecule has 7 heteroatoms. The van der Waals surface area contributed by atoms with Crippen molar-refractivity contribution in [2.75, 3.05) is 39.8 Å². The van der Waals surface area contributed by atoms with Gasteiger partial charge in [-0.2, -0.15) is 0 Å². The second-order valence-corrected chi connectivity index (χ2v) is 8.68. The summed E-state index contributed by atoms with van der Waals surface area (Å²) in [5.74, 6) is 1.52. The van der Waals surface area contributed by atoms with Crippen molar-refractivity contribution in [3.8, 4) is 11.5 Å². The number of benzene rings is 2. The number of aryl methyl sites for hydroxylation is 1. The Morgan fingerprint density at radius 2 is 1.90 bits per heavy atom. The average Bonchev–Trinajstić information content (AvgIpc) is 3.56. The number of nitrogens with zero attached hydrogens (tertiary/aromatic N) is 3. The smallest absolute Gasteiger partial charge is 0.313 e. The van der Waals surface area contributed by atoms with Gasteiger partial charge in [-0.15, -0.1) is 0 Å². The van der Waals surface area contributed by atoms with Crippen molar-refractivity contribution in [2.24, 2.45) is 10.4 Å². The van der Waals surface area contributed by atoms with Crippen LogP contribution in [0.3, 0.4) is 0 Å². The van der Waals surface area contributed by atoms with E-state index in [0.717, 1.165) is 62.5 Å². The summed E-state index contributed by atoms with van der Waals surface area (Å²) in [6, 6.07) is 10.5. The molecule has 0 bridgehead atoms. The molecule has 5 rings (SSSR count). The minimum Gasteiger partial charge on any atom is -0.469 e. The molecule has 2 fully saturated rings. The van der Waals surface area contributed by atoms with Gasteiger partial charge in [-0.1, -0.05) is 6.07 Å². The molecule has 1 saturated carbocycles. The van der Waals surface area contributed by atoms with Gasteiger partial charge in [0, 0.05) is 38.8 Å². The number of halogens is 1. The molecular weight excluding hydrogens is 397 g/mol. The van der Waals surface area contributed by atoms with E-state index in [4.69, 9.17) is 14.5 Å². The molecule has 3 aliphatic rings. The van der Waals surface area contributed by atoms with E-state index < -0.39 is 0 Å². The number of piperazine rings is 1. The Labute approximate surface area is 181 Å². The number of carbonyl (C=O) groups is 1. The quantitative estimate of drug-likeness (QED) is 0.701. The summed E-state index contributed by atoms with van der Waals surface area (Å²) in [5, 5.41) is 0. The molecule has 0 amide bonds. The molecule has 1 saturated heterocycles. The number of carbonyl (C=O) groups excluding carboxylic acids is 1. The topological polar surface area (TPSA) is 54.4 Å². The van der Waals surface area contributed by atoms with Crippen LogP contribution in [0.5, 0.6) is 11.5 Å². The lowest BCUT2D eigenvalue weighted by Gasteiger charge is -2.37. The molecule has 0 N–H and O–H groups in total. The van der Waals surface area contributed by atoms with Crippen molar-refractivity contribution in [3.63, 3.8) is 0 Å². The first kappa shape index (κ1) is 20.0. The van der Waals surface area contributed by atoms with Crippen LogP contribution in [0.2, 0.25) is 0 Å². The first-order valence-corrected chi connectivity index (χ1v) is 10.7. The third-order valence-corrected chi connectivity index (χ3v) is 6.42. The van der Waals surface area contributed by atoms with Gasteiger partial charge in [-0.3, -0.25) is 9.69 Å². The van der Waals surface area contributed by atoms with Gasteiger partial charge in [-0.25, -0.2) is 9.38 Å². The average molecular weight is 423 g/mol. The SMILES string of the molecule is COC(=O)C1(CN2CCN(C3=Nc4ccc(F)cc4Oc4cc(C)ccc43)CC2)CC1. The van der Waals surface area contributed by atoms with Gasteiger partial charge in [0.1, 0.15) is 23.1 Å². The molecule has 0 unspecified atom stereocenters. The lowest BCUT2D eigenvalue weighted by molar-refractivity contribution is -0.148. The molecule has 2 aromatic carbocycles. The Balaban J connectivity index is 1.39. The fourth-order valence-electron chi connectivity index (χ4n) is 4.43. The van der Waals surface area contributed by atoms with Gasteiger partial charge < -0.3 is 14.4 Å². The summed E-state index contributed by atoms with van der Waals surface area (Å²) in [6.07, 6.45) is 1.81. The van der Waals surface area contributed by atoms with Crippen LogP contribution in [0, 0.1) is 18.2 Å². The Morgan fingerprint density at radius 3 is 2.61 bits per heavy atom. The molecule has 0 aromatic heterocycles. The van der Waals surface area contributed by atoms with E-state index >= 15 is 0 Å². The zero-order valence-electron chi connectivity index (χ0n) is 17.9. The maximum absolute atomic E-state index is 13.8. The Morgan fingerprint density at radius 1 is 1.13 bits per heavy atom. The zero-order chi connectivity index (χ0) is 21.6. The van der Waals surface area contributed by atoms with Crippen LogP contribution in [0.25, 0.3) is 0 Å². The van der Waals surface area contributed by atoms with Crippen molar-refractivity contribution >= 4 is 17.5 Å². The normalized spacial score (nSPS) is 19.5. The number of amidine groups is 1. The lowest BCUT2D eigenvalue weighted by atomic mass is 10.1. The van der Waals surface area contributed by atoms with E-state index in [2.05, 4.69) is 9.80 Å². The van der Waals surface area contributed by atoms with Gasteiger partial charge in [0.15, 0.2) is 5.75 Å². The van der Waals surface area contributed by atoms with E-state index in [1.807, 2.05) is 25.1 Å². The zero-order valence-corrected chi connectivity index (χ0v) is 17.9. The Bertz CT molecular complexity index is 1060. The second kappa shape index (κ2) is 7.64. The number of esters is 1. The van der Waals surface area contributed by atoms with Crippen LogP contribution in [-0.4, -0.2) is 61.4 Å². The number of aliphatic imine (C=N–C) groups is 1. The molecule has 2 aliphatic heterocycles. The van der Waals surface area contributed by atoms with Crippen LogP contribution in [0.4, 0.5) is 10.1 Å². The fourth-order valence-corrected chi connectivity index (χ4v) is 4.43. The summed E-state index contributed by atoms with van der Waals surface area (Å²) in [4.78, 5) is 21.6. The maximum atomic E-state index is 13.8. The number of rotatable bonds is 3. The molecule has 0 spiro atoms. The van der Waals surface area contributed by atoms with Crippen LogP contribution in [0.1, 0.15) is 24.0 Å². The van der Waals surface area contributed by atoms with Crippen molar-refractivity contribution in [1.29, 1.82) is 0 Å². The van der Waals surface area contributed by atoms with E-state index in [-0.39, 0.29) is 17.2 Å². The number of hydrogen-bond acceptors (Lipinski definition) is 6. The highest BCUT2D eigenvalue weighted by Gasteiger charge is 2.52. The predicted octanol–water partition coefficient (Wildman–Crippen LogP) is 3.89. The standard InChI is InChI=1S/C24H26FN3O3/c1-16-3-5-18-20(13-16)31-21-14-17(25)4-6-19(21)26-22(18)28-11-9-27(10-12-28)15-24(7-8-24)23(29)30-2/h3-6,13-14H,7-12,15H2,1-2H3. The molecule has 0 atom stereocenters. The van der Waals surface area contributed by atoms with E-state index in [1.54, 1.807) is 6.07 Å². The largest absolute Gasteiger partial charge is 0.469 e. The minimum absolute atomic E-state index is 0.0895. The molecule has 162 valence electrons. The van der Waals surface area contributed by atoms with Crippen molar-refractivity contribution in [2.45, 2.75) is 19.8 Å². The van der Waals surface area contributed by atoms with Gasteiger partial charge >= 0.3 is 5.97 Å². The van der Waals surface area contributed by atoms with Gasteiger partial charge in [0.25, 0.3) is 0 Å². The monoisotopic (exact) mass is 423 g/mol. The van der Waals surface area contributed by atoms with Crippen molar-refractivity contribution in [3.05, 3.63) is 53.3 Å². The third-order valence-electron chi connectivity index (χ3n) is 6.42. The summed E-state index contributed by atoms with van der Waals surface area (Å²) in [5.41, 5.74) is 2.29. The number of fused-ring (bicyclic) bond motifs is 2. The summed E-state index contributed by atoms with van der Waals surface area (Å²) < 4.78 is 24.9. The van der Waals surface area contributed by atoms with Crippen LogP contribution in [0.15, 0.2) is 41.4 Å². The van der Waals surface area contributed by atoms with E-state index in [9.17, 15) is 9.18 Å². The Hall–Kier alpha value is -2.93. The molecule has 2 aromatic rings. The lowest BCUT2D eigenvalue weighted by Crippen LogP contribution is -2.51. The summed E-state index contributed by atoms with van der Waals surface area (Å²) >= 11 is 0. The predicted molar refractivity (Wildman–Crippen MR) is 116 cm³/mol. The van der Waals surface area contributed by atoms with Crippen LogP contribution >= 0.6 is 0 Å². The van der Waals surface area contributed by atoms with Crippen molar-refractivity contribution < 1.29 is 18.7 Å². The fraction of sp³-hybridized carbons (Fsp3) is 0.417. The van der Waals surface area contributed by atoms with Gasteiger partial charge in [0.2, 0.25) is 0 Å². The van der Waals surface area contributed by atoms with Gasteiger partial charge in [-0.05, 0) is 49.6 Å². The molecule has 2 heterocycles. The van der Waals surface area contributed by atoms with Crippen LogP contribution < -0.4 is 4.74 Å². The highest BCUT2D eigenvalue weighted by molar-refractivity contribution is 6.03. The summed E-state index contributed by atoms with van der Waals surface area (Å²) in [6.45, 7) is 6.03. The first-order chi connectivity index (χ1) is 15.0. The highest BCUT2D eigenvalue weighted by atomic mass is 19.1. The van der Waals surface area contributed by atoms with E-state index in [0.29, 0.717) is 17.2 Å². The highest BCUT2D eigenvalue weighted by Crippen LogP contribution is 2.47. The second-order valence-electron chi connectivity index (χ2n) is 8.68. The third kappa shape index (κ3) is 3.78. The first-order valence-electron chi connectivity index (χ1n) is 10.7. The number of methoxy groups -OCH3 is 1. The minimum atomic E-state index is -0.347. The maximum Gasteiger partial charge on any atom is 0.313 e. The molecule has 6 nitrogen and oxygen atoms in total. The number of hydrogen-bond donors (Lipinski definition) is 0.